The van der Waals surface area contributed by atoms with Gasteiger partial charge in [0.15, 0.2) is 0 Å². The molecule has 0 saturated heterocycles. The van der Waals surface area contributed by atoms with Crippen molar-refractivity contribution in [3.8, 4) is 11.3 Å². The molecule has 100 valence electrons. The van der Waals surface area contributed by atoms with E-state index in [2.05, 4.69) is 0 Å². The van der Waals surface area contributed by atoms with Crippen molar-refractivity contribution in [2.24, 2.45) is 0 Å². The van der Waals surface area contributed by atoms with E-state index in [-0.39, 0.29) is 0 Å². The Labute approximate surface area is 114 Å². The quantitative estimate of drug-likeness (QED) is 0.784. The van der Waals surface area contributed by atoms with E-state index in [1.165, 1.54) is 4.57 Å². The second kappa shape index (κ2) is 4.81. The molecule has 4 heteroatoms. The van der Waals surface area contributed by atoms with E-state index in [1.807, 2.05) is 42.5 Å². The molecule has 1 atom stereocenters. The number of aromatic nitrogens is 1. The van der Waals surface area contributed by atoms with Crippen LogP contribution in [0.1, 0.15) is 6.30 Å². The van der Waals surface area contributed by atoms with Gasteiger partial charge in [-0.15, -0.1) is 0 Å². The van der Waals surface area contributed by atoms with Crippen molar-refractivity contribution in [1.82, 2.24) is 4.57 Å². The van der Waals surface area contributed by atoms with Crippen LogP contribution in [0.5, 0.6) is 0 Å². The molecule has 0 amide bonds. The van der Waals surface area contributed by atoms with Gasteiger partial charge in [0, 0.05) is 5.39 Å². The van der Waals surface area contributed by atoms with Crippen LogP contribution in [0, 0.1) is 0 Å². The number of carboxylic acid groups (broad SMARTS) is 1. The molecule has 0 aliphatic rings. The van der Waals surface area contributed by atoms with Crippen molar-refractivity contribution < 1.29 is 14.3 Å². The van der Waals surface area contributed by atoms with Gasteiger partial charge in [-0.1, -0.05) is 48.5 Å². The Bertz CT molecular complexity index is 765. The maximum atomic E-state index is 14.1. The fraction of sp³-hybridized carbons (Fsp3) is 0.0625. The van der Waals surface area contributed by atoms with E-state index >= 15 is 0 Å². The van der Waals surface area contributed by atoms with Crippen LogP contribution in [0.2, 0.25) is 0 Å². The maximum Gasteiger partial charge on any atom is 0.359 e. The summed E-state index contributed by atoms with van der Waals surface area (Å²) in [7, 11) is 0. The maximum absolute atomic E-state index is 14.1. The van der Waals surface area contributed by atoms with Crippen LogP contribution in [0.3, 0.4) is 0 Å². The van der Waals surface area contributed by atoms with Crippen molar-refractivity contribution >= 4 is 16.9 Å². The number of fused-ring (bicyclic) bond motifs is 1. The van der Waals surface area contributed by atoms with E-state index in [1.54, 1.807) is 18.2 Å². The predicted molar refractivity (Wildman–Crippen MR) is 75.2 cm³/mol. The highest BCUT2D eigenvalue weighted by atomic mass is 19.1. The number of alkyl halides is 1. The third-order valence-electron chi connectivity index (χ3n) is 3.25. The Morgan fingerprint density at radius 1 is 1.05 bits per heavy atom. The summed E-state index contributed by atoms with van der Waals surface area (Å²) in [4.78, 5) is 11.0. The minimum atomic E-state index is -2.11. The molecule has 3 nitrogen and oxygen atoms in total. The molecule has 1 aromatic heterocycles. The molecule has 0 fully saturated rings. The third-order valence-corrected chi connectivity index (χ3v) is 3.25. The van der Waals surface area contributed by atoms with Crippen LogP contribution >= 0.6 is 0 Å². The Hall–Kier alpha value is -2.62. The van der Waals surface area contributed by atoms with Gasteiger partial charge >= 0.3 is 5.97 Å². The van der Waals surface area contributed by atoms with Crippen LogP contribution in [-0.2, 0) is 4.79 Å². The number of nitrogens with zero attached hydrogens (tertiary/aromatic N) is 1. The van der Waals surface area contributed by atoms with Gasteiger partial charge in [0.2, 0.25) is 0 Å². The molecule has 3 rings (SSSR count). The monoisotopic (exact) mass is 269 g/mol. The first-order chi connectivity index (χ1) is 9.68. The van der Waals surface area contributed by atoms with Crippen molar-refractivity contribution in [2.75, 3.05) is 0 Å². The largest absolute Gasteiger partial charge is 0.478 e. The van der Waals surface area contributed by atoms with Crippen LogP contribution in [-0.4, -0.2) is 15.6 Å². The first kappa shape index (κ1) is 12.4. The molecule has 0 aliphatic heterocycles. The van der Waals surface area contributed by atoms with Crippen LogP contribution in [0.15, 0.2) is 60.7 Å². The molecule has 0 aliphatic carbocycles. The number of hydrogen-bond acceptors (Lipinski definition) is 1. The van der Waals surface area contributed by atoms with Crippen molar-refractivity contribution in [3.05, 3.63) is 60.7 Å². The standard InChI is InChI=1S/C16H12FNO2/c17-15(16(19)20)18-13-9-5-4-8-12(13)10-14(18)11-6-2-1-3-7-11/h1-10,15H,(H,19,20). The first-order valence-electron chi connectivity index (χ1n) is 6.21. The summed E-state index contributed by atoms with van der Waals surface area (Å²) in [5.41, 5.74) is 1.91. The average Bonchev–Trinajstić information content (AvgIpc) is 2.86. The molecule has 1 unspecified atom stereocenters. The van der Waals surface area contributed by atoms with E-state index in [9.17, 15) is 9.18 Å². The minimum absolute atomic E-state index is 0.557. The number of carbonyl (C=O) groups is 1. The van der Waals surface area contributed by atoms with E-state index in [4.69, 9.17) is 5.11 Å². The number of carboxylic acids is 1. The lowest BCUT2D eigenvalue weighted by atomic mass is 10.1. The Kier molecular flexibility index (Phi) is 2.99. The van der Waals surface area contributed by atoms with Gasteiger partial charge in [0.25, 0.3) is 6.30 Å². The molecule has 0 bridgehead atoms. The van der Waals surface area contributed by atoms with E-state index in [0.29, 0.717) is 11.2 Å². The Morgan fingerprint density at radius 3 is 2.40 bits per heavy atom. The normalized spacial score (nSPS) is 12.4. The molecule has 2 aromatic carbocycles. The molecular formula is C16H12FNO2. The van der Waals surface area contributed by atoms with Crippen molar-refractivity contribution in [3.63, 3.8) is 0 Å². The highest BCUT2D eigenvalue weighted by molar-refractivity contribution is 5.89. The summed E-state index contributed by atoms with van der Waals surface area (Å²) < 4.78 is 15.3. The van der Waals surface area contributed by atoms with Gasteiger partial charge in [0.1, 0.15) is 0 Å². The van der Waals surface area contributed by atoms with Gasteiger partial charge in [-0.25, -0.2) is 9.18 Å². The Morgan fingerprint density at radius 2 is 1.70 bits per heavy atom. The highest BCUT2D eigenvalue weighted by Gasteiger charge is 2.23. The van der Waals surface area contributed by atoms with Crippen LogP contribution in [0.4, 0.5) is 4.39 Å². The lowest BCUT2D eigenvalue weighted by Gasteiger charge is -2.12. The van der Waals surface area contributed by atoms with E-state index in [0.717, 1.165) is 10.9 Å². The summed E-state index contributed by atoms with van der Waals surface area (Å²) >= 11 is 0. The third kappa shape index (κ3) is 1.95. The van der Waals surface area contributed by atoms with E-state index < -0.39 is 12.3 Å². The van der Waals surface area contributed by atoms with Crippen LogP contribution in [0.25, 0.3) is 22.2 Å². The molecule has 1 heterocycles. The number of para-hydroxylation sites is 1. The zero-order valence-corrected chi connectivity index (χ0v) is 10.5. The van der Waals surface area contributed by atoms with Crippen LogP contribution < -0.4 is 0 Å². The van der Waals surface area contributed by atoms with Gasteiger partial charge in [-0.3, -0.25) is 0 Å². The molecule has 1 N–H and O–H groups in total. The second-order valence-electron chi connectivity index (χ2n) is 4.50. The number of hydrogen-bond donors (Lipinski definition) is 1. The average molecular weight is 269 g/mol. The lowest BCUT2D eigenvalue weighted by molar-refractivity contribution is -0.146. The number of rotatable bonds is 3. The zero-order chi connectivity index (χ0) is 14.1. The van der Waals surface area contributed by atoms with Gasteiger partial charge < -0.3 is 9.67 Å². The topological polar surface area (TPSA) is 42.2 Å². The number of aliphatic carboxylic acids is 1. The smallest absolute Gasteiger partial charge is 0.359 e. The number of halogens is 1. The van der Waals surface area contributed by atoms with Crippen molar-refractivity contribution in [2.45, 2.75) is 6.30 Å². The summed E-state index contributed by atoms with van der Waals surface area (Å²) in [5.74, 6) is -1.50. The minimum Gasteiger partial charge on any atom is -0.478 e. The van der Waals surface area contributed by atoms with Gasteiger partial charge in [0.05, 0.1) is 11.2 Å². The molecule has 20 heavy (non-hydrogen) atoms. The predicted octanol–water partition coefficient (Wildman–Crippen LogP) is 3.86. The fourth-order valence-corrected chi connectivity index (χ4v) is 2.36. The fourth-order valence-electron chi connectivity index (χ4n) is 2.36. The summed E-state index contributed by atoms with van der Waals surface area (Å²) in [5, 5.41) is 9.80. The van der Waals surface area contributed by atoms with Gasteiger partial charge in [-0.05, 0) is 17.7 Å². The zero-order valence-electron chi connectivity index (χ0n) is 10.5. The molecule has 0 spiro atoms. The molecule has 3 aromatic rings. The first-order valence-corrected chi connectivity index (χ1v) is 6.21. The molecule has 0 radical (unpaired) electrons. The van der Waals surface area contributed by atoms with Gasteiger partial charge in [-0.2, -0.15) is 0 Å². The molecular weight excluding hydrogens is 257 g/mol. The van der Waals surface area contributed by atoms with Crippen molar-refractivity contribution in [1.29, 1.82) is 0 Å². The summed E-state index contributed by atoms with van der Waals surface area (Å²) in [6.07, 6.45) is -2.11. The lowest BCUT2D eigenvalue weighted by Crippen LogP contribution is -2.15. The molecule has 0 saturated carbocycles. The Balaban J connectivity index is 2.31. The second-order valence-corrected chi connectivity index (χ2v) is 4.50. The summed E-state index contributed by atoms with van der Waals surface area (Å²) in [6, 6.07) is 18.2. The highest BCUT2D eigenvalue weighted by Crippen LogP contribution is 2.31. The number of benzene rings is 2. The summed E-state index contributed by atoms with van der Waals surface area (Å²) in [6.45, 7) is 0. The SMILES string of the molecule is O=C(O)C(F)n1c(-c2ccccc2)cc2ccccc21.